The molecule has 0 bridgehead atoms. The highest BCUT2D eigenvalue weighted by molar-refractivity contribution is 5.92. The van der Waals surface area contributed by atoms with Crippen LogP contribution in [0, 0.1) is 11.8 Å². The normalized spacial score (nSPS) is 21.2. The third-order valence-corrected chi connectivity index (χ3v) is 3.59. The van der Waals surface area contributed by atoms with Crippen LogP contribution in [-0.4, -0.2) is 34.2 Å². The Morgan fingerprint density at radius 2 is 1.82 bits per heavy atom. The smallest absolute Gasteiger partial charge is 0.404 e. The van der Waals surface area contributed by atoms with Crippen LogP contribution in [0.2, 0.25) is 0 Å². The van der Waals surface area contributed by atoms with Gasteiger partial charge in [-0.05, 0) is 31.7 Å². The number of halogens is 2. The zero-order valence-corrected chi connectivity index (χ0v) is 11.6. The molecular formula is C13H16F2N4O3. The van der Waals surface area contributed by atoms with Crippen LogP contribution in [0.4, 0.5) is 19.4 Å². The number of nitrogens with zero attached hydrogens (tertiary/aromatic N) is 1. The molecule has 7 nitrogen and oxygen atoms in total. The average Bonchev–Trinajstić information content (AvgIpc) is 2.43. The van der Waals surface area contributed by atoms with Crippen molar-refractivity contribution >= 4 is 17.8 Å². The highest BCUT2D eigenvalue weighted by Gasteiger charge is 2.24. The van der Waals surface area contributed by atoms with Crippen LogP contribution in [0.1, 0.15) is 36.0 Å². The predicted molar refractivity (Wildman–Crippen MR) is 73.5 cm³/mol. The van der Waals surface area contributed by atoms with E-state index in [1.807, 2.05) is 0 Å². The van der Waals surface area contributed by atoms with Gasteiger partial charge in [0, 0.05) is 12.1 Å². The Kier molecular flexibility index (Phi) is 4.74. The SMILES string of the molecule is NC(=O)c1cc(F)c(N[C@H]2CC[C@H](NC(=O)O)CC2)nc1F. The fraction of sp³-hybridized carbons (Fsp3) is 0.462. The first-order valence-corrected chi connectivity index (χ1v) is 6.78. The molecule has 0 atom stereocenters. The molecule has 5 N–H and O–H groups in total. The first-order chi connectivity index (χ1) is 10.4. The molecule has 1 fully saturated rings. The summed E-state index contributed by atoms with van der Waals surface area (Å²) in [6.45, 7) is 0. The van der Waals surface area contributed by atoms with Gasteiger partial charge in [-0.3, -0.25) is 4.79 Å². The molecular weight excluding hydrogens is 298 g/mol. The fourth-order valence-corrected chi connectivity index (χ4v) is 2.49. The largest absolute Gasteiger partial charge is 0.465 e. The lowest BCUT2D eigenvalue weighted by Crippen LogP contribution is -2.39. The fourth-order valence-electron chi connectivity index (χ4n) is 2.49. The molecule has 0 saturated heterocycles. The zero-order chi connectivity index (χ0) is 16.3. The molecule has 120 valence electrons. The summed E-state index contributed by atoms with van der Waals surface area (Å²) in [5.41, 5.74) is 4.31. The number of primary amides is 1. The van der Waals surface area contributed by atoms with Crippen molar-refractivity contribution in [3.63, 3.8) is 0 Å². The Balaban J connectivity index is 1.99. The topological polar surface area (TPSA) is 117 Å². The van der Waals surface area contributed by atoms with Gasteiger partial charge in [0.05, 0.1) is 5.56 Å². The molecule has 0 unspecified atom stereocenters. The van der Waals surface area contributed by atoms with Crippen LogP contribution in [0.3, 0.4) is 0 Å². The number of carbonyl (C=O) groups excluding carboxylic acids is 1. The zero-order valence-electron chi connectivity index (χ0n) is 11.6. The van der Waals surface area contributed by atoms with E-state index >= 15 is 0 Å². The molecule has 0 aromatic carbocycles. The van der Waals surface area contributed by atoms with Crippen molar-refractivity contribution in [1.29, 1.82) is 0 Å². The van der Waals surface area contributed by atoms with Gasteiger partial charge in [-0.15, -0.1) is 0 Å². The van der Waals surface area contributed by atoms with Gasteiger partial charge in [-0.25, -0.2) is 9.18 Å². The summed E-state index contributed by atoms with van der Waals surface area (Å²) in [6, 6.07) is 0.431. The van der Waals surface area contributed by atoms with Gasteiger partial charge in [0.2, 0.25) is 5.95 Å². The second kappa shape index (κ2) is 6.54. The molecule has 1 aliphatic rings. The van der Waals surface area contributed by atoms with Gasteiger partial charge in [0.15, 0.2) is 11.6 Å². The summed E-state index contributed by atoms with van der Waals surface area (Å²) < 4.78 is 27.4. The van der Waals surface area contributed by atoms with E-state index in [1.54, 1.807) is 0 Å². The number of nitrogens with one attached hydrogen (secondary N) is 2. The predicted octanol–water partition coefficient (Wildman–Crippen LogP) is 1.45. The maximum absolute atomic E-state index is 13.8. The number of hydrogen-bond donors (Lipinski definition) is 4. The Labute approximate surface area is 124 Å². The monoisotopic (exact) mass is 314 g/mol. The van der Waals surface area contributed by atoms with E-state index in [0.29, 0.717) is 31.7 Å². The van der Waals surface area contributed by atoms with Crippen molar-refractivity contribution in [2.45, 2.75) is 37.8 Å². The van der Waals surface area contributed by atoms with Gasteiger partial charge >= 0.3 is 6.09 Å². The van der Waals surface area contributed by atoms with Crippen LogP contribution in [-0.2, 0) is 0 Å². The van der Waals surface area contributed by atoms with Crippen molar-refractivity contribution in [2.24, 2.45) is 5.73 Å². The number of hydrogen-bond acceptors (Lipinski definition) is 4. The van der Waals surface area contributed by atoms with Crippen LogP contribution in [0.15, 0.2) is 6.07 Å². The minimum Gasteiger partial charge on any atom is -0.465 e. The molecule has 9 heteroatoms. The molecule has 1 aromatic rings. The minimum absolute atomic E-state index is 0.137. The lowest BCUT2D eigenvalue weighted by atomic mass is 9.91. The molecule has 1 heterocycles. The maximum atomic E-state index is 13.8. The number of pyridine rings is 1. The lowest BCUT2D eigenvalue weighted by molar-refractivity contribution is 0.0995. The first kappa shape index (κ1) is 15.9. The van der Waals surface area contributed by atoms with Crippen LogP contribution in [0.5, 0.6) is 0 Å². The molecule has 2 rings (SSSR count). The number of anilines is 1. The van der Waals surface area contributed by atoms with E-state index in [1.165, 1.54) is 0 Å². The molecule has 1 saturated carbocycles. The van der Waals surface area contributed by atoms with E-state index in [2.05, 4.69) is 15.6 Å². The Morgan fingerprint density at radius 1 is 1.23 bits per heavy atom. The standard InChI is InChI=1S/C13H16F2N4O3/c14-9-5-8(11(16)20)10(15)19-12(9)17-6-1-3-7(4-2-6)18-13(21)22/h5-7,18H,1-4H2,(H2,16,20)(H,17,19)(H,21,22)/t6-,7-. The summed E-state index contributed by atoms with van der Waals surface area (Å²) in [6.07, 6.45) is 1.28. The van der Waals surface area contributed by atoms with Crippen molar-refractivity contribution in [3.05, 3.63) is 23.4 Å². The summed E-state index contributed by atoms with van der Waals surface area (Å²) in [5, 5.41) is 13.8. The van der Waals surface area contributed by atoms with E-state index in [0.717, 1.165) is 0 Å². The Morgan fingerprint density at radius 3 is 2.36 bits per heavy atom. The average molecular weight is 314 g/mol. The number of rotatable bonds is 4. The highest BCUT2D eigenvalue weighted by atomic mass is 19.1. The molecule has 0 spiro atoms. The van der Waals surface area contributed by atoms with E-state index < -0.39 is 29.3 Å². The molecule has 1 aromatic heterocycles. The number of nitrogens with two attached hydrogens (primary N) is 1. The summed E-state index contributed by atoms with van der Waals surface area (Å²) >= 11 is 0. The van der Waals surface area contributed by atoms with Crippen LogP contribution < -0.4 is 16.4 Å². The Bertz CT molecular complexity index is 589. The molecule has 0 radical (unpaired) electrons. The lowest BCUT2D eigenvalue weighted by Gasteiger charge is -2.29. The number of carbonyl (C=O) groups is 2. The summed E-state index contributed by atoms with van der Waals surface area (Å²) in [7, 11) is 0. The van der Waals surface area contributed by atoms with Gasteiger partial charge in [-0.1, -0.05) is 0 Å². The van der Waals surface area contributed by atoms with E-state index in [9.17, 15) is 18.4 Å². The molecule has 2 amide bonds. The van der Waals surface area contributed by atoms with Crippen molar-refractivity contribution in [1.82, 2.24) is 10.3 Å². The third-order valence-electron chi connectivity index (χ3n) is 3.59. The highest BCUT2D eigenvalue weighted by Crippen LogP contribution is 2.23. The van der Waals surface area contributed by atoms with E-state index in [4.69, 9.17) is 10.8 Å². The van der Waals surface area contributed by atoms with Gasteiger partial charge < -0.3 is 21.5 Å². The van der Waals surface area contributed by atoms with E-state index in [-0.39, 0.29) is 17.9 Å². The van der Waals surface area contributed by atoms with Crippen molar-refractivity contribution in [2.75, 3.05) is 5.32 Å². The van der Waals surface area contributed by atoms with Crippen LogP contribution in [0.25, 0.3) is 0 Å². The molecule has 22 heavy (non-hydrogen) atoms. The van der Waals surface area contributed by atoms with Crippen molar-refractivity contribution in [3.8, 4) is 0 Å². The van der Waals surface area contributed by atoms with Crippen molar-refractivity contribution < 1.29 is 23.5 Å². The number of aromatic nitrogens is 1. The van der Waals surface area contributed by atoms with Crippen LogP contribution >= 0.6 is 0 Å². The summed E-state index contributed by atoms with van der Waals surface area (Å²) in [5.74, 6) is -3.36. The second-order valence-electron chi connectivity index (χ2n) is 5.16. The molecule has 0 aliphatic heterocycles. The second-order valence-corrected chi connectivity index (χ2v) is 5.16. The quantitative estimate of drug-likeness (QED) is 0.627. The number of carboxylic acid groups (broad SMARTS) is 1. The summed E-state index contributed by atoms with van der Waals surface area (Å²) in [4.78, 5) is 24.8. The van der Waals surface area contributed by atoms with Gasteiger partial charge in [-0.2, -0.15) is 9.37 Å². The first-order valence-electron chi connectivity index (χ1n) is 6.78. The molecule has 1 aliphatic carbocycles. The number of amides is 2. The minimum atomic E-state index is -1.13. The van der Waals surface area contributed by atoms with Gasteiger partial charge in [0.1, 0.15) is 0 Å². The Hall–Kier alpha value is -2.45. The van der Waals surface area contributed by atoms with Gasteiger partial charge in [0.25, 0.3) is 5.91 Å². The third kappa shape index (κ3) is 3.80. The maximum Gasteiger partial charge on any atom is 0.404 e.